The fraction of sp³-hybridized carbons (Fsp3) is 0.188. The van der Waals surface area contributed by atoms with Gasteiger partial charge >= 0.3 is 0 Å². The molecule has 0 aromatic heterocycles. The average Bonchev–Trinajstić information content (AvgIpc) is 2.48. The van der Waals surface area contributed by atoms with Gasteiger partial charge in [0.25, 0.3) is 5.69 Å². The molecule has 114 valence electrons. The fourth-order valence-electron chi connectivity index (χ4n) is 2.06. The summed E-state index contributed by atoms with van der Waals surface area (Å²) < 4.78 is 0. The van der Waals surface area contributed by atoms with Crippen LogP contribution in [-0.2, 0) is 17.8 Å². The van der Waals surface area contributed by atoms with Crippen LogP contribution in [0.3, 0.4) is 0 Å². The molecule has 0 bridgehead atoms. The molecule has 0 aliphatic carbocycles. The molecular weight excluding hydrogens is 284 g/mol. The molecule has 0 aliphatic rings. The van der Waals surface area contributed by atoms with E-state index in [1.807, 2.05) is 31.2 Å². The number of benzene rings is 2. The van der Waals surface area contributed by atoms with Crippen LogP contribution in [0, 0.1) is 17.0 Å². The lowest BCUT2D eigenvalue weighted by molar-refractivity contribution is -0.384. The Morgan fingerprint density at radius 2 is 1.95 bits per heavy atom. The maximum Gasteiger partial charge on any atom is 0.270 e. The van der Waals surface area contributed by atoms with E-state index in [4.69, 9.17) is 0 Å². The van der Waals surface area contributed by atoms with E-state index < -0.39 is 4.92 Å². The van der Waals surface area contributed by atoms with E-state index in [9.17, 15) is 20.0 Å². The quantitative estimate of drug-likeness (QED) is 0.655. The van der Waals surface area contributed by atoms with Crippen molar-refractivity contribution in [3.05, 3.63) is 69.3 Å². The standard InChI is InChI=1S/C16H16N2O4/c1-11-4-2-3-5-12(11)9-16(20)17-10-13-8-14(18(21)22)6-7-15(13)19/h2-8,19H,9-10H2,1H3,(H,17,20). The van der Waals surface area contributed by atoms with Gasteiger partial charge in [-0.15, -0.1) is 0 Å². The van der Waals surface area contributed by atoms with E-state index in [0.29, 0.717) is 5.56 Å². The average molecular weight is 300 g/mol. The Bertz CT molecular complexity index is 713. The molecular formula is C16H16N2O4. The normalized spacial score (nSPS) is 10.2. The number of non-ortho nitro benzene ring substituents is 1. The fourth-order valence-corrected chi connectivity index (χ4v) is 2.06. The summed E-state index contributed by atoms with van der Waals surface area (Å²) in [4.78, 5) is 22.1. The number of hydrogen-bond donors (Lipinski definition) is 2. The zero-order valence-corrected chi connectivity index (χ0v) is 12.1. The molecule has 2 rings (SSSR count). The van der Waals surface area contributed by atoms with E-state index in [0.717, 1.165) is 11.1 Å². The highest BCUT2D eigenvalue weighted by Crippen LogP contribution is 2.22. The second kappa shape index (κ2) is 6.71. The van der Waals surface area contributed by atoms with Crippen molar-refractivity contribution in [1.82, 2.24) is 5.32 Å². The third-order valence-corrected chi connectivity index (χ3v) is 3.36. The van der Waals surface area contributed by atoms with Gasteiger partial charge in [0.05, 0.1) is 11.3 Å². The summed E-state index contributed by atoms with van der Waals surface area (Å²) in [6.45, 7) is 1.97. The summed E-state index contributed by atoms with van der Waals surface area (Å²) in [5, 5.41) is 23.1. The van der Waals surface area contributed by atoms with Crippen molar-refractivity contribution in [3.63, 3.8) is 0 Å². The van der Waals surface area contributed by atoms with Crippen LogP contribution >= 0.6 is 0 Å². The summed E-state index contributed by atoms with van der Waals surface area (Å²) in [5.74, 6) is -0.290. The molecule has 0 unspecified atom stereocenters. The summed E-state index contributed by atoms with van der Waals surface area (Å²) in [7, 11) is 0. The molecule has 0 aliphatic heterocycles. The number of carbonyl (C=O) groups excluding carboxylic acids is 1. The number of aryl methyl sites for hydroxylation is 1. The van der Waals surface area contributed by atoms with Gasteiger partial charge in [-0.25, -0.2) is 0 Å². The first kappa shape index (κ1) is 15.5. The highest BCUT2D eigenvalue weighted by molar-refractivity contribution is 5.79. The van der Waals surface area contributed by atoms with E-state index in [2.05, 4.69) is 5.32 Å². The second-order valence-electron chi connectivity index (χ2n) is 4.95. The highest BCUT2D eigenvalue weighted by atomic mass is 16.6. The topological polar surface area (TPSA) is 92.5 Å². The Balaban J connectivity index is 2.01. The van der Waals surface area contributed by atoms with Crippen LogP contribution in [0.5, 0.6) is 5.75 Å². The van der Waals surface area contributed by atoms with Crippen molar-refractivity contribution in [3.8, 4) is 5.75 Å². The number of phenols is 1. The molecule has 0 atom stereocenters. The number of amides is 1. The molecule has 0 spiro atoms. The number of nitro benzene ring substituents is 1. The van der Waals surface area contributed by atoms with Crippen LogP contribution in [-0.4, -0.2) is 15.9 Å². The van der Waals surface area contributed by atoms with E-state index in [-0.39, 0.29) is 30.3 Å². The maximum absolute atomic E-state index is 11.9. The van der Waals surface area contributed by atoms with Crippen LogP contribution in [0.1, 0.15) is 16.7 Å². The lowest BCUT2D eigenvalue weighted by Crippen LogP contribution is -2.24. The van der Waals surface area contributed by atoms with Crippen molar-refractivity contribution in [2.24, 2.45) is 0 Å². The minimum Gasteiger partial charge on any atom is -0.508 e. The Labute approximate surface area is 127 Å². The maximum atomic E-state index is 11.9. The monoisotopic (exact) mass is 300 g/mol. The summed E-state index contributed by atoms with van der Waals surface area (Å²) >= 11 is 0. The van der Waals surface area contributed by atoms with Gasteiger partial charge in [-0.3, -0.25) is 14.9 Å². The lowest BCUT2D eigenvalue weighted by atomic mass is 10.1. The first-order chi connectivity index (χ1) is 10.5. The van der Waals surface area contributed by atoms with Gasteiger partial charge in [0.1, 0.15) is 5.75 Å². The Kier molecular flexibility index (Phi) is 4.73. The van der Waals surface area contributed by atoms with Crippen molar-refractivity contribution < 1.29 is 14.8 Å². The molecule has 2 N–H and O–H groups in total. The molecule has 0 radical (unpaired) electrons. The van der Waals surface area contributed by atoms with Gasteiger partial charge in [0, 0.05) is 24.2 Å². The SMILES string of the molecule is Cc1ccccc1CC(=O)NCc1cc([N+](=O)[O-])ccc1O. The van der Waals surface area contributed by atoms with Crippen molar-refractivity contribution in [1.29, 1.82) is 0 Å². The zero-order chi connectivity index (χ0) is 16.1. The number of nitrogens with zero attached hydrogens (tertiary/aromatic N) is 1. The number of nitrogens with one attached hydrogen (secondary N) is 1. The number of hydrogen-bond acceptors (Lipinski definition) is 4. The van der Waals surface area contributed by atoms with Crippen LogP contribution in [0.4, 0.5) is 5.69 Å². The van der Waals surface area contributed by atoms with Gasteiger partial charge in [-0.05, 0) is 24.1 Å². The molecule has 6 nitrogen and oxygen atoms in total. The third-order valence-electron chi connectivity index (χ3n) is 3.36. The molecule has 0 fully saturated rings. The molecule has 0 heterocycles. The van der Waals surface area contributed by atoms with Crippen molar-refractivity contribution in [2.45, 2.75) is 19.9 Å². The molecule has 6 heteroatoms. The van der Waals surface area contributed by atoms with Gasteiger partial charge in [0.15, 0.2) is 0 Å². The predicted molar refractivity (Wildman–Crippen MR) is 81.5 cm³/mol. The first-order valence-corrected chi connectivity index (χ1v) is 6.75. The van der Waals surface area contributed by atoms with Crippen molar-refractivity contribution >= 4 is 11.6 Å². The van der Waals surface area contributed by atoms with Crippen LogP contribution in [0.2, 0.25) is 0 Å². The van der Waals surface area contributed by atoms with Crippen LogP contribution in [0.25, 0.3) is 0 Å². The minimum absolute atomic E-state index is 0.0399. The third kappa shape index (κ3) is 3.82. The molecule has 1 amide bonds. The van der Waals surface area contributed by atoms with E-state index >= 15 is 0 Å². The Hall–Kier alpha value is -2.89. The largest absolute Gasteiger partial charge is 0.508 e. The second-order valence-corrected chi connectivity index (χ2v) is 4.95. The zero-order valence-electron chi connectivity index (χ0n) is 12.1. The lowest BCUT2D eigenvalue weighted by Gasteiger charge is -2.08. The Morgan fingerprint density at radius 3 is 2.64 bits per heavy atom. The van der Waals surface area contributed by atoms with Gasteiger partial charge in [0.2, 0.25) is 5.91 Å². The number of carbonyl (C=O) groups is 1. The molecule has 2 aromatic carbocycles. The molecule has 22 heavy (non-hydrogen) atoms. The molecule has 2 aromatic rings. The number of aromatic hydroxyl groups is 1. The summed E-state index contributed by atoms with van der Waals surface area (Å²) in [5.41, 5.74) is 2.13. The summed E-state index contributed by atoms with van der Waals surface area (Å²) in [6, 6.07) is 11.3. The minimum atomic E-state index is -0.544. The first-order valence-electron chi connectivity index (χ1n) is 6.75. The van der Waals surface area contributed by atoms with Gasteiger partial charge in [-0.1, -0.05) is 24.3 Å². The van der Waals surface area contributed by atoms with E-state index in [1.165, 1.54) is 18.2 Å². The molecule has 0 saturated heterocycles. The van der Waals surface area contributed by atoms with Crippen LogP contribution < -0.4 is 5.32 Å². The smallest absolute Gasteiger partial charge is 0.270 e. The highest BCUT2D eigenvalue weighted by Gasteiger charge is 2.11. The van der Waals surface area contributed by atoms with Gasteiger partial charge < -0.3 is 10.4 Å². The Morgan fingerprint density at radius 1 is 1.23 bits per heavy atom. The number of phenolic OH excluding ortho intramolecular Hbond substituents is 1. The predicted octanol–water partition coefficient (Wildman–Crippen LogP) is 2.47. The summed E-state index contributed by atoms with van der Waals surface area (Å²) in [6.07, 6.45) is 0.225. The van der Waals surface area contributed by atoms with Crippen LogP contribution in [0.15, 0.2) is 42.5 Å². The van der Waals surface area contributed by atoms with E-state index in [1.54, 1.807) is 0 Å². The number of nitro groups is 1. The number of rotatable bonds is 5. The molecule has 0 saturated carbocycles. The van der Waals surface area contributed by atoms with Gasteiger partial charge in [-0.2, -0.15) is 0 Å². The van der Waals surface area contributed by atoms with Crippen molar-refractivity contribution in [2.75, 3.05) is 0 Å².